The Morgan fingerprint density at radius 3 is 2.20 bits per heavy atom. The van der Waals surface area contributed by atoms with Gasteiger partial charge in [-0.3, -0.25) is 0 Å². The van der Waals surface area contributed by atoms with E-state index in [9.17, 15) is 4.79 Å². The van der Waals surface area contributed by atoms with Gasteiger partial charge in [0.25, 0.3) is 0 Å². The number of carbonyl (C=O) groups is 1. The smallest absolute Gasteiger partial charge is 0.321 e. The summed E-state index contributed by atoms with van der Waals surface area (Å²) in [6, 6.07) is 13.0. The van der Waals surface area contributed by atoms with Crippen molar-refractivity contribution in [2.24, 2.45) is 0 Å². The van der Waals surface area contributed by atoms with E-state index in [2.05, 4.69) is 20.4 Å². The predicted octanol–water partition coefficient (Wildman–Crippen LogP) is 2.64. The number of benzene rings is 1. The Labute approximate surface area is 174 Å². The van der Waals surface area contributed by atoms with Crippen LogP contribution in [0.25, 0.3) is 5.82 Å². The van der Waals surface area contributed by atoms with Gasteiger partial charge in [0, 0.05) is 50.3 Å². The largest absolute Gasteiger partial charge is 0.493 e. The molecule has 3 heterocycles. The van der Waals surface area contributed by atoms with Crippen LogP contribution in [0, 0.1) is 0 Å². The Balaban J connectivity index is 1.33. The number of methoxy groups -OCH3 is 2. The van der Waals surface area contributed by atoms with E-state index in [-0.39, 0.29) is 6.03 Å². The van der Waals surface area contributed by atoms with Crippen LogP contribution in [-0.2, 0) is 0 Å². The second-order valence-corrected chi connectivity index (χ2v) is 6.81. The summed E-state index contributed by atoms with van der Waals surface area (Å²) in [7, 11) is 3.14. The molecule has 0 spiro atoms. The van der Waals surface area contributed by atoms with E-state index in [1.807, 2.05) is 41.2 Å². The lowest BCUT2D eigenvalue weighted by atomic mass is 10.2. The topological polar surface area (TPSA) is 84.8 Å². The number of aromatic nitrogens is 3. The van der Waals surface area contributed by atoms with Gasteiger partial charge < -0.3 is 29.2 Å². The molecule has 0 saturated carbocycles. The highest BCUT2D eigenvalue weighted by Gasteiger charge is 2.22. The average molecular weight is 408 g/mol. The first-order chi connectivity index (χ1) is 14.7. The second-order valence-electron chi connectivity index (χ2n) is 6.81. The van der Waals surface area contributed by atoms with Crippen molar-refractivity contribution in [1.29, 1.82) is 0 Å². The van der Waals surface area contributed by atoms with Crippen LogP contribution >= 0.6 is 0 Å². The first-order valence-electron chi connectivity index (χ1n) is 9.68. The Hall–Kier alpha value is -3.75. The van der Waals surface area contributed by atoms with E-state index >= 15 is 0 Å². The molecule has 1 saturated heterocycles. The molecule has 0 atom stereocenters. The zero-order chi connectivity index (χ0) is 20.9. The standard InChI is InChI=1S/C21H24N6O3/c1-29-17-6-5-16(15-18(17)30-2)22-21(28)27-13-11-26(12-14-27)20-8-7-19(23-24-20)25-9-3-4-10-25/h3-10,15H,11-14H2,1-2H3,(H,22,28). The molecule has 9 nitrogen and oxygen atoms in total. The molecule has 0 aliphatic carbocycles. The van der Waals surface area contributed by atoms with Gasteiger partial charge in [0.05, 0.1) is 14.2 Å². The molecule has 1 fully saturated rings. The number of urea groups is 1. The van der Waals surface area contributed by atoms with Crippen LogP contribution in [0.4, 0.5) is 16.3 Å². The van der Waals surface area contributed by atoms with Gasteiger partial charge in [-0.2, -0.15) is 0 Å². The number of nitrogens with zero attached hydrogens (tertiary/aromatic N) is 5. The lowest BCUT2D eigenvalue weighted by Crippen LogP contribution is -2.50. The molecular weight excluding hydrogens is 384 g/mol. The first-order valence-corrected chi connectivity index (χ1v) is 9.68. The molecule has 3 aromatic rings. The van der Waals surface area contributed by atoms with E-state index in [1.54, 1.807) is 37.3 Å². The normalized spacial score (nSPS) is 13.8. The molecule has 1 aliphatic rings. The monoisotopic (exact) mass is 408 g/mol. The van der Waals surface area contributed by atoms with Gasteiger partial charge in [0.15, 0.2) is 23.1 Å². The minimum Gasteiger partial charge on any atom is -0.493 e. The number of carbonyl (C=O) groups excluding carboxylic acids is 1. The molecule has 2 amide bonds. The number of hydrogen-bond acceptors (Lipinski definition) is 6. The number of piperazine rings is 1. The predicted molar refractivity (Wildman–Crippen MR) is 114 cm³/mol. The van der Waals surface area contributed by atoms with Crippen LogP contribution in [0.15, 0.2) is 54.9 Å². The number of ether oxygens (including phenoxy) is 2. The Kier molecular flexibility index (Phi) is 5.69. The highest BCUT2D eigenvalue weighted by molar-refractivity contribution is 5.90. The van der Waals surface area contributed by atoms with Crippen molar-refractivity contribution < 1.29 is 14.3 Å². The summed E-state index contributed by atoms with van der Waals surface area (Å²) >= 11 is 0. The molecule has 0 bridgehead atoms. The van der Waals surface area contributed by atoms with Crippen LogP contribution in [0.2, 0.25) is 0 Å². The fraction of sp³-hybridized carbons (Fsp3) is 0.286. The molecule has 0 radical (unpaired) electrons. The third-order valence-electron chi connectivity index (χ3n) is 5.03. The summed E-state index contributed by atoms with van der Waals surface area (Å²) in [4.78, 5) is 16.6. The lowest BCUT2D eigenvalue weighted by Gasteiger charge is -2.35. The number of nitrogens with one attached hydrogen (secondary N) is 1. The zero-order valence-electron chi connectivity index (χ0n) is 17.0. The molecular formula is C21H24N6O3. The molecule has 0 unspecified atom stereocenters. The minimum atomic E-state index is -0.143. The Morgan fingerprint density at radius 2 is 1.57 bits per heavy atom. The van der Waals surface area contributed by atoms with E-state index in [1.165, 1.54) is 0 Å². The van der Waals surface area contributed by atoms with Crippen molar-refractivity contribution >= 4 is 17.5 Å². The van der Waals surface area contributed by atoms with Crippen LogP contribution in [0.1, 0.15) is 0 Å². The molecule has 1 N–H and O–H groups in total. The molecule has 30 heavy (non-hydrogen) atoms. The summed E-state index contributed by atoms with van der Waals surface area (Å²) in [5.74, 6) is 2.78. The average Bonchev–Trinajstić information content (AvgIpc) is 3.34. The highest BCUT2D eigenvalue weighted by atomic mass is 16.5. The maximum Gasteiger partial charge on any atom is 0.321 e. The highest BCUT2D eigenvalue weighted by Crippen LogP contribution is 2.29. The van der Waals surface area contributed by atoms with E-state index in [4.69, 9.17) is 9.47 Å². The minimum absolute atomic E-state index is 0.143. The van der Waals surface area contributed by atoms with Crippen LogP contribution < -0.4 is 19.7 Å². The third kappa shape index (κ3) is 4.14. The van der Waals surface area contributed by atoms with Gasteiger partial charge in [-0.05, 0) is 36.4 Å². The van der Waals surface area contributed by atoms with E-state index < -0.39 is 0 Å². The summed E-state index contributed by atoms with van der Waals surface area (Å²) in [5.41, 5.74) is 0.659. The van der Waals surface area contributed by atoms with E-state index in [0.29, 0.717) is 43.4 Å². The number of rotatable bonds is 5. The molecule has 9 heteroatoms. The van der Waals surface area contributed by atoms with Crippen molar-refractivity contribution in [3.63, 3.8) is 0 Å². The summed E-state index contributed by atoms with van der Waals surface area (Å²) < 4.78 is 12.4. The SMILES string of the molecule is COc1ccc(NC(=O)N2CCN(c3ccc(-n4cccc4)nn3)CC2)cc1OC. The summed E-state index contributed by atoms with van der Waals surface area (Å²) in [5, 5.41) is 11.6. The Morgan fingerprint density at radius 1 is 0.900 bits per heavy atom. The molecule has 4 rings (SSSR count). The van der Waals surface area contributed by atoms with Gasteiger partial charge in [0.1, 0.15) is 0 Å². The maximum absolute atomic E-state index is 12.6. The van der Waals surface area contributed by atoms with Gasteiger partial charge in [0.2, 0.25) is 0 Å². The summed E-state index contributed by atoms with van der Waals surface area (Å²) in [6.07, 6.45) is 3.86. The molecule has 1 aromatic carbocycles. The molecule has 1 aliphatic heterocycles. The molecule has 2 aromatic heterocycles. The van der Waals surface area contributed by atoms with Crippen LogP contribution in [-0.4, -0.2) is 66.1 Å². The maximum atomic E-state index is 12.6. The zero-order valence-corrected chi connectivity index (χ0v) is 17.0. The number of hydrogen-bond donors (Lipinski definition) is 1. The van der Waals surface area contributed by atoms with Crippen molar-refractivity contribution in [3.8, 4) is 17.3 Å². The van der Waals surface area contributed by atoms with Gasteiger partial charge in [-0.15, -0.1) is 10.2 Å². The Bertz CT molecular complexity index is 982. The van der Waals surface area contributed by atoms with E-state index in [0.717, 1.165) is 11.6 Å². The van der Waals surface area contributed by atoms with Crippen molar-refractivity contribution in [2.75, 3.05) is 50.6 Å². The fourth-order valence-electron chi connectivity index (χ4n) is 3.37. The number of anilines is 2. The quantitative estimate of drug-likeness (QED) is 0.699. The fourth-order valence-corrected chi connectivity index (χ4v) is 3.37. The van der Waals surface area contributed by atoms with Gasteiger partial charge >= 0.3 is 6.03 Å². The number of amides is 2. The van der Waals surface area contributed by atoms with Crippen molar-refractivity contribution in [3.05, 3.63) is 54.9 Å². The van der Waals surface area contributed by atoms with Crippen molar-refractivity contribution in [1.82, 2.24) is 19.7 Å². The van der Waals surface area contributed by atoms with Gasteiger partial charge in [-0.25, -0.2) is 4.79 Å². The second kappa shape index (κ2) is 8.73. The van der Waals surface area contributed by atoms with Crippen LogP contribution in [0.3, 0.4) is 0 Å². The van der Waals surface area contributed by atoms with Crippen molar-refractivity contribution in [2.45, 2.75) is 0 Å². The summed E-state index contributed by atoms with van der Waals surface area (Å²) in [6.45, 7) is 2.58. The lowest BCUT2D eigenvalue weighted by molar-refractivity contribution is 0.208. The molecule has 156 valence electrons. The third-order valence-corrected chi connectivity index (χ3v) is 5.03. The van der Waals surface area contributed by atoms with Crippen LogP contribution in [0.5, 0.6) is 11.5 Å². The first kappa shape index (κ1) is 19.6. The van der Waals surface area contributed by atoms with Gasteiger partial charge in [-0.1, -0.05) is 0 Å².